The lowest BCUT2D eigenvalue weighted by Gasteiger charge is -2.18. The Morgan fingerprint density at radius 3 is 2.37 bits per heavy atom. The van der Waals surface area contributed by atoms with Crippen molar-refractivity contribution in [3.05, 3.63) is 11.8 Å². The fraction of sp³-hybridized carbons (Fsp3) is 0.667. The highest BCUT2D eigenvalue weighted by atomic mass is 19.4. The third-order valence-corrected chi connectivity index (χ3v) is 3.15. The molecule has 1 aliphatic rings. The fourth-order valence-corrected chi connectivity index (χ4v) is 2.13. The van der Waals surface area contributed by atoms with Gasteiger partial charge in [-0.1, -0.05) is 12.8 Å². The molecular formula is C12H17F3N4. The summed E-state index contributed by atoms with van der Waals surface area (Å²) in [5.74, 6) is 0.313. The van der Waals surface area contributed by atoms with Crippen LogP contribution < -0.4 is 10.2 Å². The number of nitrogens with zero attached hydrogens (tertiary/aromatic N) is 3. The zero-order valence-electron chi connectivity index (χ0n) is 11.0. The number of halogens is 3. The molecule has 0 saturated heterocycles. The molecule has 0 aliphatic heterocycles. The highest BCUT2D eigenvalue weighted by molar-refractivity contribution is 5.44. The number of hydrogen-bond acceptors (Lipinski definition) is 4. The smallest absolute Gasteiger partial charge is 0.363 e. The molecule has 19 heavy (non-hydrogen) atoms. The topological polar surface area (TPSA) is 41.1 Å². The van der Waals surface area contributed by atoms with E-state index < -0.39 is 11.9 Å². The maximum absolute atomic E-state index is 12.8. The van der Waals surface area contributed by atoms with Crippen LogP contribution in [0.3, 0.4) is 0 Å². The van der Waals surface area contributed by atoms with Crippen LogP contribution in [-0.4, -0.2) is 30.1 Å². The van der Waals surface area contributed by atoms with Gasteiger partial charge in [-0.05, 0) is 12.8 Å². The normalized spacial score (nSPS) is 16.7. The molecule has 1 heterocycles. The number of alkyl halides is 3. The first-order chi connectivity index (χ1) is 8.86. The summed E-state index contributed by atoms with van der Waals surface area (Å²) in [6, 6.07) is 1.14. The second-order valence-corrected chi connectivity index (χ2v) is 4.95. The summed E-state index contributed by atoms with van der Waals surface area (Å²) in [5, 5.41) is 3.00. The number of hydrogen-bond donors (Lipinski definition) is 1. The Kier molecular flexibility index (Phi) is 3.82. The predicted molar refractivity (Wildman–Crippen MR) is 67.2 cm³/mol. The van der Waals surface area contributed by atoms with Crippen LogP contribution in [-0.2, 0) is 6.18 Å². The summed E-state index contributed by atoms with van der Waals surface area (Å²) in [4.78, 5) is 9.23. The van der Waals surface area contributed by atoms with Gasteiger partial charge in [0.1, 0.15) is 5.82 Å². The molecule has 1 aromatic heterocycles. The molecule has 7 heteroatoms. The van der Waals surface area contributed by atoms with Crippen molar-refractivity contribution in [2.75, 3.05) is 24.3 Å². The first-order valence-corrected chi connectivity index (χ1v) is 6.26. The van der Waals surface area contributed by atoms with E-state index in [-0.39, 0.29) is 17.8 Å². The second kappa shape index (κ2) is 5.22. The first kappa shape index (κ1) is 13.9. The van der Waals surface area contributed by atoms with Gasteiger partial charge in [-0.15, -0.1) is 0 Å². The van der Waals surface area contributed by atoms with E-state index in [1.54, 1.807) is 14.1 Å². The van der Waals surface area contributed by atoms with E-state index in [9.17, 15) is 13.2 Å². The molecule has 0 atom stereocenters. The van der Waals surface area contributed by atoms with E-state index in [1.807, 2.05) is 0 Å². The van der Waals surface area contributed by atoms with Crippen molar-refractivity contribution in [2.24, 2.45) is 0 Å². The lowest BCUT2D eigenvalue weighted by atomic mass is 10.2. The first-order valence-electron chi connectivity index (χ1n) is 6.26. The van der Waals surface area contributed by atoms with Gasteiger partial charge < -0.3 is 10.2 Å². The van der Waals surface area contributed by atoms with Crippen molar-refractivity contribution in [2.45, 2.75) is 37.9 Å². The van der Waals surface area contributed by atoms with Gasteiger partial charge in [-0.2, -0.15) is 18.2 Å². The van der Waals surface area contributed by atoms with Crippen molar-refractivity contribution in [3.8, 4) is 0 Å². The largest absolute Gasteiger partial charge is 0.433 e. The van der Waals surface area contributed by atoms with Crippen LogP contribution in [0.5, 0.6) is 0 Å². The van der Waals surface area contributed by atoms with Crippen LogP contribution in [0.15, 0.2) is 6.07 Å². The molecule has 0 radical (unpaired) electrons. The zero-order valence-corrected chi connectivity index (χ0v) is 11.0. The van der Waals surface area contributed by atoms with Crippen molar-refractivity contribution >= 4 is 11.8 Å². The van der Waals surface area contributed by atoms with E-state index >= 15 is 0 Å². The highest BCUT2D eigenvalue weighted by Crippen LogP contribution is 2.31. The Morgan fingerprint density at radius 2 is 1.84 bits per heavy atom. The molecule has 0 amide bonds. The molecule has 1 aromatic rings. The SMILES string of the molecule is CN(C)c1cc(C(F)(F)F)nc(NC2CCCC2)n1. The Balaban J connectivity index is 2.28. The monoisotopic (exact) mass is 274 g/mol. The van der Waals surface area contributed by atoms with Gasteiger partial charge >= 0.3 is 6.18 Å². The number of nitrogens with one attached hydrogen (secondary N) is 1. The molecule has 1 saturated carbocycles. The van der Waals surface area contributed by atoms with Crippen molar-refractivity contribution < 1.29 is 13.2 Å². The average Bonchev–Trinajstić information content (AvgIpc) is 2.80. The Hall–Kier alpha value is -1.53. The van der Waals surface area contributed by atoms with Crippen molar-refractivity contribution in [3.63, 3.8) is 0 Å². The average molecular weight is 274 g/mol. The maximum atomic E-state index is 12.8. The Labute approximate surface area is 110 Å². The van der Waals surface area contributed by atoms with E-state index in [0.29, 0.717) is 0 Å². The molecule has 1 fully saturated rings. The van der Waals surface area contributed by atoms with Gasteiger partial charge in [0, 0.05) is 26.2 Å². The van der Waals surface area contributed by atoms with E-state index in [4.69, 9.17) is 0 Å². The molecule has 1 aliphatic carbocycles. The van der Waals surface area contributed by atoms with Crippen LogP contribution in [0.2, 0.25) is 0 Å². The van der Waals surface area contributed by atoms with Crippen molar-refractivity contribution in [1.29, 1.82) is 0 Å². The van der Waals surface area contributed by atoms with Gasteiger partial charge in [-0.25, -0.2) is 4.98 Å². The van der Waals surface area contributed by atoms with Gasteiger partial charge in [0.15, 0.2) is 5.69 Å². The molecule has 0 unspecified atom stereocenters. The lowest BCUT2D eigenvalue weighted by Crippen LogP contribution is -2.21. The zero-order chi connectivity index (χ0) is 14.0. The van der Waals surface area contributed by atoms with Crippen LogP contribution in [0, 0.1) is 0 Å². The van der Waals surface area contributed by atoms with Gasteiger partial charge in [0.05, 0.1) is 0 Å². The third-order valence-electron chi connectivity index (χ3n) is 3.15. The number of rotatable bonds is 3. The highest BCUT2D eigenvalue weighted by Gasteiger charge is 2.34. The van der Waals surface area contributed by atoms with Crippen LogP contribution >= 0.6 is 0 Å². The summed E-state index contributed by atoms with van der Waals surface area (Å²) in [7, 11) is 3.31. The van der Waals surface area contributed by atoms with E-state index in [2.05, 4.69) is 15.3 Å². The molecule has 2 rings (SSSR count). The standard InChI is InChI=1S/C12H17F3N4/c1-19(2)10-7-9(12(13,14)15)17-11(18-10)16-8-5-3-4-6-8/h7-8H,3-6H2,1-2H3,(H,16,17,18). The van der Waals surface area contributed by atoms with Gasteiger partial charge in [-0.3, -0.25) is 0 Å². The molecule has 1 N–H and O–H groups in total. The summed E-state index contributed by atoms with van der Waals surface area (Å²) in [6.07, 6.45) is -0.359. The predicted octanol–water partition coefficient (Wildman–Crippen LogP) is 2.92. The summed E-state index contributed by atoms with van der Waals surface area (Å²) < 4.78 is 38.4. The Bertz CT molecular complexity index is 439. The van der Waals surface area contributed by atoms with Gasteiger partial charge in [0.2, 0.25) is 5.95 Å². The summed E-state index contributed by atoms with van der Waals surface area (Å²) in [5.41, 5.74) is -0.910. The Morgan fingerprint density at radius 1 is 1.21 bits per heavy atom. The molecule has 0 bridgehead atoms. The van der Waals surface area contributed by atoms with Crippen molar-refractivity contribution in [1.82, 2.24) is 9.97 Å². The molecule has 0 aromatic carbocycles. The number of aromatic nitrogens is 2. The van der Waals surface area contributed by atoms with Crippen LogP contribution in [0.25, 0.3) is 0 Å². The molecule has 0 spiro atoms. The maximum Gasteiger partial charge on any atom is 0.433 e. The van der Waals surface area contributed by atoms with Crippen LogP contribution in [0.1, 0.15) is 31.4 Å². The summed E-state index contributed by atoms with van der Waals surface area (Å²) >= 11 is 0. The van der Waals surface area contributed by atoms with E-state index in [1.165, 1.54) is 4.90 Å². The van der Waals surface area contributed by atoms with E-state index in [0.717, 1.165) is 31.7 Å². The second-order valence-electron chi connectivity index (χ2n) is 4.95. The van der Waals surface area contributed by atoms with Gasteiger partial charge in [0.25, 0.3) is 0 Å². The fourth-order valence-electron chi connectivity index (χ4n) is 2.13. The molecule has 106 valence electrons. The minimum absolute atomic E-state index is 0.0606. The van der Waals surface area contributed by atoms with Crippen LogP contribution in [0.4, 0.5) is 24.9 Å². The summed E-state index contributed by atoms with van der Waals surface area (Å²) in [6.45, 7) is 0. The minimum Gasteiger partial charge on any atom is -0.363 e. The molecular weight excluding hydrogens is 257 g/mol. The minimum atomic E-state index is -4.46. The number of anilines is 2. The third kappa shape index (κ3) is 3.48. The lowest BCUT2D eigenvalue weighted by molar-refractivity contribution is -0.141. The molecule has 4 nitrogen and oxygen atoms in total. The quantitative estimate of drug-likeness (QED) is 0.920.